The van der Waals surface area contributed by atoms with E-state index >= 15 is 0 Å². The Morgan fingerprint density at radius 1 is 1.03 bits per heavy atom. The Bertz CT molecular complexity index is 1480. The van der Waals surface area contributed by atoms with Crippen LogP contribution in [0.5, 0.6) is 0 Å². The molecule has 3 aromatic heterocycles. The Kier molecular flexibility index (Phi) is 4.70. The van der Waals surface area contributed by atoms with Crippen LogP contribution in [0.15, 0.2) is 60.9 Å². The number of H-pyrrole nitrogens is 1. The predicted octanol–water partition coefficient (Wildman–Crippen LogP) is 5.97. The van der Waals surface area contributed by atoms with Gasteiger partial charge in [-0.15, -0.1) is 0 Å². The van der Waals surface area contributed by atoms with Gasteiger partial charge in [0, 0.05) is 28.2 Å². The Balaban J connectivity index is 1.90. The van der Waals surface area contributed by atoms with Crippen LogP contribution in [0.1, 0.15) is 41.4 Å². The topological polar surface area (TPSA) is 91.8 Å². The van der Waals surface area contributed by atoms with Gasteiger partial charge in [0.05, 0.1) is 28.5 Å². The van der Waals surface area contributed by atoms with E-state index in [-0.39, 0.29) is 11.5 Å². The smallest absolute Gasteiger partial charge is 0.335 e. The lowest BCUT2D eigenvalue weighted by Gasteiger charge is -2.21. The summed E-state index contributed by atoms with van der Waals surface area (Å²) < 4.78 is 0. The number of aromatic amines is 1. The molecule has 2 N–H and O–H groups in total. The van der Waals surface area contributed by atoms with Crippen molar-refractivity contribution in [1.29, 1.82) is 0 Å². The number of aryl methyl sites for hydroxylation is 1. The quantitative estimate of drug-likeness (QED) is 0.372. The third-order valence-electron chi connectivity index (χ3n) is 5.75. The van der Waals surface area contributed by atoms with Gasteiger partial charge in [-0.3, -0.25) is 10.1 Å². The highest BCUT2D eigenvalue weighted by Gasteiger charge is 2.21. The molecule has 0 aliphatic rings. The Hall–Kier alpha value is -4.06. The van der Waals surface area contributed by atoms with Gasteiger partial charge in [0.25, 0.3) is 0 Å². The van der Waals surface area contributed by atoms with Gasteiger partial charge in [-0.1, -0.05) is 26.0 Å². The molecule has 0 spiro atoms. The van der Waals surface area contributed by atoms with Crippen molar-refractivity contribution < 1.29 is 9.90 Å². The average Bonchev–Trinajstić information content (AvgIpc) is 3.23. The molecule has 0 aliphatic heterocycles. The zero-order chi connectivity index (χ0) is 22.4. The molecule has 32 heavy (non-hydrogen) atoms. The van der Waals surface area contributed by atoms with E-state index in [2.05, 4.69) is 41.2 Å². The normalized spacial score (nSPS) is 11.5. The first-order chi connectivity index (χ1) is 15.4. The Morgan fingerprint density at radius 2 is 1.81 bits per heavy atom. The summed E-state index contributed by atoms with van der Waals surface area (Å²) in [4.78, 5) is 20.8. The van der Waals surface area contributed by atoms with E-state index in [4.69, 9.17) is 4.98 Å². The second kappa shape index (κ2) is 7.57. The van der Waals surface area contributed by atoms with Gasteiger partial charge in [-0.05, 0) is 65.9 Å². The number of pyridine rings is 2. The number of carboxylic acid groups (broad SMARTS) is 1. The number of nitrogens with one attached hydrogen (secondary N) is 1. The molecule has 5 rings (SSSR count). The summed E-state index contributed by atoms with van der Waals surface area (Å²) in [5, 5.41) is 18.6. The number of hydrogen-bond donors (Lipinski definition) is 2. The fraction of sp³-hybridized carbons (Fsp3) is 0.154. The number of benzene rings is 2. The van der Waals surface area contributed by atoms with Gasteiger partial charge in [-0.25, -0.2) is 9.78 Å². The minimum Gasteiger partial charge on any atom is -0.478 e. The van der Waals surface area contributed by atoms with Crippen LogP contribution in [0.2, 0.25) is 0 Å². The maximum atomic E-state index is 11.3. The van der Waals surface area contributed by atoms with Crippen LogP contribution in [0.25, 0.3) is 44.2 Å². The van der Waals surface area contributed by atoms with Gasteiger partial charge in [0.1, 0.15) is 0 Å². The molecule has 0 atom stereocenters. The van der Waals surface area contributed by atoms with Gasteiger partial charge in [0.2, 0.25) is 0 Å². The maximum absolute atomic E-state index is 11.3. The molecule has 0 radical (unpaired) electrons. The fourth-order valence-corrected chi connectivity index (χ4v) is 4.28. The molecule has 3 heterocycles. The minimum atomic E-state index is -0.943. The third-order valence-corrected chi connectivity index (χ3v) is 5.75. The molecule has 0 saturated heterocycles. The summed E-state index contributed by atoms with van der Waals surface area (Å²) in [5.74, 6) is -0.758. The number of carboxylic acids is 1. The van der Waals surface area contributed by atoms with Gasteiger partial charge in [0.15, 0.2) is 0 Å². The van der Waals surface area contributed by atoms with Crippen molar-refractivity contribution >= 4 is 27.8 Å². The van der Waals surface area contributed by atoms with Crippen molar-refractivity contribution in [3.8, 4) is 22.4 Å². The van der Waals surface area contributed by atoms with Gasteiger partial charge in [-0.2, -0.15) is 5.10 Å². The molecule has 0 fully saturated rings. The van der Waals surface area contributed by atoms with E-state index in [9.17, 15) is 9.90 Å². The Labute approximate surface area is 185 Å². The molecule has 0 aliphatic carbocycles. The first-order valence-electron chi connectivity index (χ1n) is 10.5. The summed E-state index contributed by atoms with van der Waals surface area (Å²) in [5.41, 5.74) is 8.04. The standard InChI is InChI=1S/C26H22N4O2/c1-14(2)23-24(18-8-9-27-15(3)10-18)20-11-19-13-28-30-21(19)12-22(20)29-25(23)16-4-6-17(7-5-16)26(31)32/h4-14H,1-3H3,(H,28,30)(H,31,32). The largest absolute Gasteiger partial charge is 0.478 e. The first-order valence-corrected chi connectivity index (χ1v) is 10.5. The van der Waals surface area contributed by atoms with E-state index in [0.29, 0.717) is 0 Å². The van der Waals surface area contributed by atoms with E-state index < -0.39 is 5.97 Å². The SMILES string of the molecule is Cc1cc(-c2c(C(C)C)c(-c3ccc(C(=O)O)cc3)nc3cc4[nH]ncc4cc23)ccn1. The molecule has 6 heteroatoms. The van der Waals surface area contributed by atoms with Crippen LogP contribution in [0, 0.1) is 6.92 Å². The zero-order valence-corrected chi connectivity index (χ0v) is 18.0. The molecular formula is C26H22N4O2. The summed E-state index contributed by atoms with van der Waals surface area (Å²) in [6.07, 6.45) is 3.66. The highest BCUT2D eigenvalue weighted by Crippen LogP contribution is 2.41. The number of rotatable bonds is 4. The third kappa shape index (κ3) is 3.30. The molecule has 2 aromatic carbocycles. The minimum absolute atomic E-state index is 0.185. The highest BCUT2D eigenvalue weighted by molar-refractivity contribution is 6.05. The average molecular weight is 422 g/mol. The summed E-state index contributed by atoms with van der Waals surface area (Å²) in [6.45, 7) is 6.31. The summed E-state index contributed by atoms with van der Waals surface area (Å²) in [6, 6.07) is 15.2. The summed E-state index contributed by atoms with van der Waals surface area (Å²) in [7, 11) is 0. The monoisotopic (exact) mass is 422 g/mol. The zero-order valence-electron chi connectivity index (χ0n) is 18.0. The number of carbonyl (C=O) groups is 1. The second-order valence-electron chi connectivity index (χ2n) is 8.30. The molecule has 0 saturated carbocycles. The first kappa shape index (κ1) is 19.9. The molecule has 158 valence electrons. The molecule has 6 nitrogen and oxygen atoms in total. The number of fused-ring (bicyclic) bond motifs is 2. The van der Waals surface area contributed by atoms with Crippen molar-refractivity contribution in [2.24, 2.45) is 0 Å². The second-order valence-corrected chi connectivity index (χ2v) is 8.30. The van der Waals surface area contributed by atoms with Crippen LogP contribution >= 0.6 is 0 Å². The Morgan fingerprint density at radius 3 is 2.50 bits per heavy atom. The number of aromatic nitrogens is 4. The molecule has 0 unspecified atom stereocenters. The van der Waals surface area contributed by atoms with Gasteiger partial charge < -0.3 is 5.11 Å². The fourth-order valence-electron chi connectivity index (χ4n) is 4.28. The molecule has 0 bridgehead atoms. The number of aromatic carboxylic acids is 1. The lowest BCUT2D eigenvalue weighted by atomic mass is 9.86. The van der Waals surface area contributed by atoms with Gasteiger partial charge >= 0.3 is 5.97 Å². The maximum Gasteiger partial charge on any atom is 0.335 e. The van der Waals surface area contributed by atoms with Crippen LogP contribution in [-0.2, 0) is 0 Å². The lowest BCUT2D eigenvalue weighted by molar-refractivity contribution is 0.0697. The summed E-state index contributed by atoms with van der Waals surface area (Å²) >= 11 is 0. The molecule has 0 amide bonds. The van der Waals surface area contributed by atoms with Crippen molar-refractivity contribution in [3.63, 3.8) is 0 Å². The van der Waals surface area contributed by atoms with Crippen molar-refractivity contribution in [1.82, 2.24) is 20.2 Å². The lowest BCUT2D eigenvalue weighted by Crippen LogP contribution is -2.02. The van der Waals surface area contributed by atoms with Crippen molar-refractivity contribution in [2.45, 2.75) is 26.7 Å². The van der Waals surface area contributed by atoms with E-state index in [1.807, 2.05) is 43.6 Å². The highest BCUT2D eigenvalue weighted by atomic mass is 16.4. The van der Waals surface area contributed by atoms with Crippen LogP contribution in [-0.4, -0.2) is 31.2 Å². The van der Waals surface area contributed by atoms with Crippen LogP contribution in [0.4, 0.5) is 0 Å². The predicted molar refractivity (Wildman–Crippen MR) is 126 cm³/mol. The van der Waals surface area contributed by atoms with E-state index in [1.54, 1.807) is 12.1 Å². The van der Waals surface area contributed by atoms with E-state index in [0.717, 1.165) is 55.4 Å². The molecule has 5 aromatic rings. The van der Waals surface area contributed by atoms with Crippen molar-refractivity contribution in [3.05, 3.63) is 77.7 Å². The van der Waals surface area contributed by atoms with E-state index in [1.165, 1.54) is 0 Å². The van der Waals surface area contributed by atoms with Crippen LogP contribution < -0.4 is 0 Å². The van der Waals surface area contributed by atoms with Crippen LogP contribution in [0.3, 0.4) is 0 Å². The number of hydrogen-bond acceptors (Lipinski definition) is 4. The number of nitrogens with zero attached hydrogens (tertiary/aromatic N) is 3. The molecular weight excluding hydrogens is 400 g/mol. The van der Waals surface area contributed by atoms with Crippen molar-refractivity contribution in [2.75, 3.05) is 0 Å².